The molecule has 1 fully saturated rings. The van der Waals surface area contributed by atoms with E-state index < -0.39 is 129 Å². The molecule has 324 valence electrons. The van der Waals surface area contributed by atoms with Crippen molar-refractivity contribution in [1.29, 1.82) is 0 Å². The van der Waals surface area contributed by atoms with Gasteiger partial charge in [-0.15, -0.1) is 0 Å². The fraction of sp³-hybridized carbons (Fsp3) is 0.297. The Hall–Kier alpha value is -8.22. The molecule has 3 heterocycles. The molecule has 3 unspecified atom stereocenters. The zero-order valence-electron chi connectivity index (χ0n) is 32.6. The van der Waals surface area contributed by atoms with Gasteiger partial charge in [-0.1, -0.05) is 24.3 Å². The first-order valence-electron chi connectivity index (χ1n) is 18.7. The first kappa shape index (κ1) is 44.9. The van der Waals surface area contributed by atoms with Crippen LogP contribution in [0.15, 0.2) is 60.9 Å². The highest BCUT2D eigenvalue weighted by molar-refractivity contribution is 5.99. The first-order valence-corrected chi connectivity index (χ1v) is 18.7. The number of carbonyl (C=O) groups excluding carboxylic acids is 10. The number of amides is 10. The number of aromatic nitrogens is 4. The molecule has 0 radical (unpaired) electrons. The number of rotatable bonds is 8. The molecule has 0 saturated carbocycles. The van der Waals surface area contributed by atoms with Gasteiger partial charge < -0.3 is 59.3 Å². The Balaban J connectivity index is 1.34. The molecule has 0 spiro atoms. The molecule has 5 rings (SSSR count). The van der Waals surface area contributed by atoms with E-state index in [9.17, 15) is 47.9 Å². The Labute approximate surface area is 350 Å². The number of para-hydroxylation sites is 4. The molecule has 1 aliphatic heterocycles. The highest BCUT2D eigenvalue weighted by Crippen LogP contribution is 2.09. The van der Waals surface area contributed by atoms with E-state index in [4.69, 9.17) is 11.5 Å². The maximum absolute atomic E-state index is 13.4. The summed E-state index contributed by atoms with van der Waals surface area (Å²) in [6.07, 6.45) is 1.63. The van der Waals surface area contributed by atoms with Crippen LogP contribution in [0.25, 0.3) is 22.1 Å². The van der Waals surface area contributed by atoms with Crippen molar-refractivity contribution >= 4 is 81.1 Å². The average molecular weight is 856 g/mol. The van der Waals surface area contributed by atoms with Gasteiger partial charge in [0.05, 0.1) is 60.5 Å². The number of nitrogens with zero attached hydrogens (tertiary/aromatic N) is 4. The van der Waals surface area contributed by atoms with Crippen LogP contribution in [0, 0.1) is 0 Å². The monoisotopic (exact) mass is 855 g/mol. The Kier molecular flexibility index (Phi) is 15.3. The lowest BCUT2D eigenvalue weighted by molar-refractivity contribution is -0.134. The van der Waals surface area contributed by atoms with E-state index in [0.29, 0.717) is 22.1 Å². The molecular formula is C37H41N15O10. The molecule has 4 aromatic rings. The molecule has 25 heteroatoms. The van der Waals surface area contributed by atoms with Crippen molar-refractivity contribution in [1.82, 2.24) is 67.8 Å². The number of carbonyl (C=O) groups is 10. The van der Waals surface area contributed by atoms with Gasteiger partial charge >= 0.3 is 0 Å². The van der Waals surface area contributed by atoms with Gasteiger partial charge in [0.15, 0.2) is 0 Å². The Morgan fingerprint density at radius 1 is 0.565 bits per heavy atom. The summed E-state index contributed by atoms with van der Waals surface area (Å²) in [6, 6.07) is 7.18. The Morgan fingerprint density at radius 2 is 0.952 bits per heavy atom. The minimum absolute atomic E-state index is 0.126. The van der Waals surface area contributed by atoms with Gasteiger partial charge in [0, 0.05) is 19.6 Å². The summed E-state index contributed by atoms with van der Waals surface area (Å²) in [5.74, 6) is -9.64. The number of fused-ring (bicyclic) bond motifs is 2. The third-order valence-electron chi connectivity index (χ3n) is 8.82. The predicted molar refractivity (Wildman–Crippen MR) is 213 cm³/mol. The number of hydrogen-bond donors (Lipinski definition) is 11. The molecule has 13 N–H and O–H groups in total. The lowest BCUT2D eigenvalue weighted by atomic mass is 10.1. The highest BCUT2D eigenvalue weighted by atomic mass is 16.2. The number of primary amides is 1. The number of nitrogens with two attached hydrogens (primary N) is 2. The maximum Gasteiger partial charge on any atom is 0.271 e. The summed E-state index contributed by atoms with van der Waals surface area (Å²) in [5, 5.41) is 20.8. The largest absolute Gasteiger partial charge is 0.368 e. The summed E-state index contributed by atoms with van der Waals surface area (Å²) in [6.45, 7) is -4.04. The SMILES string of the molecule is NCC1NC(=O)C[C@@H](C(N)=O)NC(=O)CNC(=O)C(CNC(=O)c2cnc3ccccc3n2)NC(=O)CNC(=O)C(CNC(=O)c2cnc3ccccc3n2)NC(=O)CNC1=O. The molecule has 2 aromatic carbocycles. The Morgan fingerprint density at radius 3 is 1.37 bits per heavy atom. The number of nitrogens with one attached hydrogen (secondary N) is 9. The van der Waals surface area contributed by atoms with Crippen LogP contribution in [-0.4, -0.2) is 142 Å². The molecular weight excluding hydrogens is 815 g/mol. The molecule has 0 bridgehead atoms. The van der Waals surface area contributed by atoms with Crippen LogP contribution in [0.4, 0.5) is 0 Å². The normalized spacial score (nSPS) is 20.0. The molecule has 4 atom stereocenters. The predicted octanol–water partition coefficient (Wildman–Crippen LogP) is -6.13. The minimum atomic E-state index is -1.63. The van der Waals surface area contributed by atoms with Crippen LogP contribution in [0.3, 0.4) is 0 Å². The van der Waals surface area contributed by atoms with Crippen LogP contribution in [0.5, 0.6) is 0 Å². The van der Waals surface area contributed by atoms with Crippen LogP contribution >= 0.6 is 0 Å². The molecule has 62 heavy (non-hydrogen) atoms. The molecule has 0 aliphatic carbocycles. The lowest BCUT2D eigenvalue weighted by Gasteiger charge is -2.22. The van der Waals surface area contributed by atoms with Crippen molar-refractivity contribution in [3.63, 3.8) is 0 Å². The van der Waals surface area contributed by atoms with Crippen molar-refractivity contribution in [2.45, 2.75) is 30.6 Å². The third-order valence-corrected chi connectivity index (χ3v) is 8.82. The summed E-state index contributed by atoms with van der Waals surface area (Å²) < 4.78 is 0. The van der Waals surface area contributed by atoms with Crippen molar-refractivity contribution in [3.05, 3.63) is 72.3 Å². The summed E-state index contributed by atoms with van der Waals surface area (Å²) in [7, 11) is 0. The second kappa shape index (κ2) is 21.2. The average Bonchev–Trinajstić information content (AvgIpc) is 3.27. The highest BCUT2D eigenvalue weighted by Gasteiger charge is 2.29. The number of hydrogen-bond acceptors (Lipinski definition) is 15. The van der Waals surface area contributed by atoms with E-state index in [1.807, 2.05) is 0 Å². The van der Waals surface area contributed by atoms with E-state index in [-0.39, 0.29) is 11.4 Å². The van der Waals surface area contributed by atoms with Gasteiger partial charge in [-0.05, 0) is 24.3 Å². The topological polar surface area (TPSA) is 383 Å². The summed E-state index contributed by atoms with van der Waals surface area (Å²) >= 11 is 0. The second-order valence-corrected chi connectivity index (χ2v) is 13.4. The first-order chi connectivity index (χ1) is 29.7. The van der Waals surface area contributed by atoms with Gasteiger partial charge in [-0.2, -0.15) is 0 Å². The van der Waals surface area contributed by atoms with Gasteiger partial charge in [0.25, 0.3) is 11.8 Å². The second-order valence-electron chi connectivity index (χ2n) is 13.4. The van der Waals surface area contributed by atoms with E-state index in [2.05, 4.69) is 67.8 Å². The van der Waals surface area contributed by atoms with Crippen molar-refractivity contribution in [3.8, 4) is 0 Å². The lowest BCUT2D eigenvalue weighted by Crippen LogP contribution is -2.59. The smallest absolute Gasteiger partial charge is 0.271 e. The van der Waals surface area contributed by atoms with E-state index in [1.54, 1.807) is 48.5 Å². The Bertz CT molecular complexity index is 2410. The van der Waals surface area contributed by atoms with Crippen molar-refractivity contribution in [2.24, 2.45) is 11.5 Å². The maximum atomic E-state index is 13.4. The standard InChI is InChI=1S/C37H41N15O10/c38-10-23-33(58)44-16-30(55)51-27(14-43-35(60)25-12-41-19-6-2-4-8-21(19)48-25)37(62)46-17-31(56)52-26(13-42-34(59)24-11-40-18-5-1-3-7-20(18)47-24)36(61)45-15-29(54)49-22(32(39)57)9-28(53)50-23/h1-8,11-12,22-23,26-27H,9-10,13-17,38H2,(H2,39,57)(H,42,59)(H,43,60)(H,44,58)(H,45,61)(H,46,62)(H,49,54)(H,50,53)(H,51,55)(H,52,56)/t22-,23?,26?,27?/m0/s1. The van der Waals surface area contributed by atoms with Crippen molar-refractivity contribution in [2.75, 3.05) is 39.3 Å². The molecule has 2 aromatic heterocycles. The summed E-state index contributed by atoms with van der Waals surface area (Å²) in [4.78, 5) is 147. The molecule has 10 amide bonds. The van der Waals surface area contributed by atoms with Crippen LogP contribution < -0.4 is 59.3 Å². The van der Waals surface area contributed by atoms with E-state index in [1.165, 1.54) is 12.4 Å². The zero-order chi connectivity index (χ0) is 44.8. The summed E-state index contributed by atoms with van der Waals surface area (Å²) in [5.41, 5.74) is 12.6. The van der Waals surface area contributed by atoms with E-state index in [0.717, 1.165) is 0 Å². The molecule has 1 saturated heterocycles. The van der Waals surface area contributed by atoms with Crippen LogP contribution in [-0.2, 0) is 38.4 Å². The molecule has 25 nitrogen and oxygen atoms in total. The fourth-order valence-corrected chi connectivity index (χ4v) is 5.62. The van der Waals surface area contributed by atoms with Gasteiger partial charge in [-0.3, -0.25) is 57.9 Å². The van der Waals surface area contributed by atoms with Gasteiger partial charge in [-0.25, -0.2) is 9.97 Å². The van der Waals surface area contributed by atoms with Crippen molar-refractivity contribution < 1.29 is 47.9 Å². The van der Waals surface area contributed by atoms with Crippen LogP contribution in [0.2, 0.25) is 0 Å². The van der Waals surface area contributed by atoms with Crippen LogP contribution in [0.1, 0.15) is 27.4 Å². The third kappa shape index (κ3) is 12.6. The number of benzene rings is 2. The fourth-order valence-electron chi connectivity index (χ4n) is 5.62. The van der Waals surface area contributed by atoms with E-state index >= 15 is 0 Å². The molecule has 1 aliphatic rings. The van der Waals surface area contributed by atoms with Gasteiger partial charge in [0.1, 0.15) is 35.6 Å². The van der Waals surface area contributed by atoms with Gasteiger partial charge in [0.2, 0.25) is 47.3 Å². The quantitative estimate of drug-likeness (QED) is 0.0786. The zero-order valence-corrected chi connectivity index (χ0v) is 32.6. The minimum Gasteiger partial charge on any atom is -0.368 e.